The Bertz CT molecular complexity index is 1050. The van der Waals surface area contributed by atoms with E-state index in [9.17, 15) is 9.90 Å². The number of methoxy groups -OCH3 is 1. The van der Waals surface area contributed by atoms with Crippen LogP contribution in [0.5, 0.6) is 17.2 Å². The van der Waals surface area contributed by atoms with E-state index in [1.165, 1.54) is 0 Å². The van der Waals surface area contributed by atoms with E-state index in [4.69, 9.17) is 9.47 Å². The van der Waals surface area contributed by atoms with Crippen molar-refractivity contribution in [3.63, 3.8) is 0 Å². The SMILES string of the molecule is CCOc1cc([C@@H]2Nc3ccccc3C(=O)N2c2ccccc2OC)ccc1O. The molecule has 0 bridgehead atoms. The van der Waals surface area contributed by atoms with Crippen molar-refractivity contribution in [3.8, 4) is 17.2 Å². The molecule has 0 spiro atoms. The maximum Gasteiger partial charge on any atom is 0.262 e. The third-order valence-electron chi connectivity index (χ3n) is 4.87. The van der Waals surface area contributed by atoms with Gasteiger partial charge in [0.15, 0.2) is 11.5 Å². The van der Waals surface area contributed by atoms with Crippen molar-refractivity contribution in [1.29, 1.82) is 0 Å². The fourth-order valence-electron chi connectivity index (χ4n) is 3.54. The number of carbonyl (C=O) groups excluding carboxylic acids is 1. The molecule has 0 radical (unpaired) electrons. The van der Waals surface area contributed by atoms with Gasteiger partial charge in [-0.2, -0.15) is 0 Å². The molecule has 2 N–H and O–H groups in total. The molecule has 3 aromatic carbocycles. The summed E-state index contributed by atoms with van der Waals surface area (Å²) in [6, 6.07) is 19.9. The van der Waals surface area contributed by atoms with Crippen molar-refractivity contribution < 1.29 is 19.4 Å². The van der Waals surface area contributed by atoms with Gasteiger partial charge in [0.1, 0.15) is 11.9 Å². The summed E-state index contributed by atoms with van der Waals surface area (Å²) in [5.74, 6) is 0.885. The van der Waals surface area contributed by atoms with Gasteiger partial charge in [0, 0.05) is 5.69 Å². The molecule has 148 valence electrons. The van der Waals surface area contributed by atoms with Gasteiger partial charge in [0.25, 0.3) is 5.91 Å². The topological polar surface area (TPSA) is 71.0 Å². The standard InChI is InChI=1S/C23H22N2O4/c1-3-29-21-14-15(12-13-19(21)26)22-24-17-9-5-4-8-16(17)23(27)25(22)18-10-6-7-11-20(18)28-2/h4-14,22,24,26H,3H2,1-2H3/t22-/m1/s1. The molecule has 6 heteroatoms. The number of phenols is 1. The van der Waals surface area contributed by atoms with Gasteiger partial charge in [-0.1, -0.05) is 30.3 Å². The summed E-state index contributed by atoms with van der Waals surface area (Å²) in [6.45, 7) is 2.28. The predicted molar refractivity (Wildman–Crippen MR) is 112 cm³/mol. The number of nitrogens with one attached hydrogen (secondary N) is 1. The third-order valence-corrected chi connectivity index (χ3v) is 4.87. The van der Waals surface area contributed by atoms with Crippen LogP contribution in [-0.2, 0) is 0 Å². The van der Waals surface area contributed by atoms with Gasteiger partial charge >= 0.3 is 0 Å². The van der Waals surface area contributed by atoms with Crippen molar-refractivity contribution in [1.82, 2.24) is 0 Å². The number of aromatic hydroxyl groups is 1. The number of rotatable bonds is 5. The molecule has 3 aromatic rings. The quantitative estimate of drug-likeness (QED) is 0.668. The molecule has 6 nitrogen and oxygen atoms in total. The smallest absolute Gasteiger partial charge is 0.262 e. The van der Waals surface area contributed by atoms with Crippen LogP contribution < -0.4 is 19.7 Å². The first-order chi connectivity index (χ1) is 14.1. The lowest BCUT2D eigenvalue weighted by molar-refractivity contribution is 0.0974. The van der Waals surface area contributed by atoms with Crippen LogP contribution in [0.3, 0.4) is 0 Å². The van der Waals surface area contributed by atoms with Crippen LogP contribution in [0.1, 0.15) is 29.0 Å². The van der Waals surface area contributed by atoms with Gasteiger partial charge in [-0.25, -0.2) is 0 Å². The normalized spacial score (nSPS) is 15.4. The van der Waals surface area contributed by atoms with E-state index >= 15 is 0 Å². The van der Waals surface area contributed by atoms with Crippen molar-refractivity contribution in [2.75, 3.05) is 23.9 Å². The zero-order chi connectivity index (χ0) is 20.4. The summed E-state index contributed by atoms with van der Waals surface area (Å²) in [6.07, 6.45) is -0.506. The summed E-state index contributed by atoms with van der Waals surface area (Å²) in [5, 5.41) is 13.5. The monoisotopic (exact) mass is 390 g/mol. The van der Waals surface area contributed by atoms with Crippen molar-refractivity contribution in [2.45, 2.75) is 13.1 Å². The van der Waals surface area contributed by atoms with Crippen LogP contribution in [0, 0.1) is 0 Å². The van der Waals surface area contributed by atoms with E-state index < -0.39 is 6.17 Å². The van der Waals surface area contributed by atoms with E-state index in [1.54, 1.807) is 36.3 Å². The minimum atomic E-state index is -0.506. The van der Waals surface area contributed by atoms with E-state index in [2.05, 4.69) is 5.32 Å². The fraction of sp³-hybridized carbons (Fsp3) is 0.174. The Morgan fingerprint density at radius 3 is 2.59 bits per heavy atom. The highest BCUT2D eigenvalue weighted by Crippen LogP contribution is 2.41. The molecule has 0 fully saturated rings. The van der Waals surface area contributed by atoms with Crippen LogP contribution in [0.2, 0.25) is 0 Å². The predicted octanol–water partition coefficient (Wildman–Crippen LogP) is 4.57. The molecule has 0 aromatic heterocycles. The lowest BCUT2D eigenvalue weighted by Gasteiger charge is -2.38. The molecule has 0 saturated heterocycles. The number of amides is 1. The number of anilines is 2. The number of ether oxygens (including phenoxy) is 2. The summed E-state index contributed by atoms with van der Waals surface area (Å²) < 4.78 is 11.1. The number of para-hydroxylation sites is 3. The average Bonchev–Trinajstić information content (AvgIpc) is 2.75. The lowest BCUT2D eigenvalue weighted by Crippen LogP contribution is -2.43. The molecular formula is C23H22N2O4. The number of phenolic OH excluding ortho intramolecular Hbond substituents is 1. The second kappa shape index (κ2) is 7.75. The zero-order valence-corrected chi connectivity index (χ0v) is 16.3. The molecular weight excluding hydrogens is 368 g/mol. The molecule has 1 amide bonds. The zero-order valence-electron chi connectivity index (χ0n) is 16.3. The summed E-state index contributed by atoms with van der Waals surface area (Å²) in [4.78, 5) is 15.2. The number of nitrogens with zero attached hydrogens (tertiary/aromatic N) is 1. The Kier molecular flexibility index (Phi) is 4.99. The molecule has 0 saturated carbocycles. The van der Waals surface area contributed by atoms with Crippen molar-refractivity contribution in [3.05, 3.63) is 77.9 Å². The Hall–Kier alpha value is -3.67. The fourth-order valence-corrected chi connectivity index (χ4v) is 3.54. The van der Waals surface area contributed by atoms with Crippen molar-refractivity contribution in [2.24, 2.45) is 0 Å². The van der Waals surface area contributed by atoms with Gasteiger partial charge < -0.3 is 19.9 Å². The number of carbonyl (C=O) groups is 1. The van der Waals surface area contributed by atoms with E-state index in [0.717, 1.165) is 11.3 Å². The van der Waals surface area contributed by atoms with Gasteiger partial charge in [0.2, 0.25) is 0 Å². The molecule has 1 heterocycles. The molecule has 1 atom stereocenters. The Balaban J connectivity index is 1.88. The van der Waals surface area contributed by atoms with Crippen LogP contribution in [0.15, 0.2) is 66.7 Å². The number of hydrogen-bond donors (Lipinski definition) is 2. The first-order valence-electron chi connectivity index (χ1n) is 9.42. The second-order valence-electron chi connectivity index (χ2n) is 6.60. The first kappa shape index (κ1) is 18.7. The minimum Gasteiger partial charge on any atom is -0.504 e. The molecule has 1 aliphatic rings. The summed E-state index contributed by atoms with van der Waals surface area (Å²) in [7, 11) is 1.58. The maximum absolute atomic E-state index is 13.5. The van der Waals surface area contributed by atoms with Gasteiger partial charge in [0.05, 0.1) is 25.0 Å². The molecule has 4 rings (SSSR count). The lowest BCUT2D eigenvalue weighted by atomic mass is 10.0. The minimum absolute atomic E-state index is 0.0574. The third kappa shape index (κ3) is 3.33. The van der Waals surface area contributed by atoms with Gasteiger partial charge in [-0.3, -0.25) is 9.69 Å². The summed E-state index contributed by atoms with van der Waals surface area (Å²) >= 11 is 0. The number of benzene rings is 3. The molecule has 1 aliphatic heterocycles. The highest BCUT2D eigenvalue weighted by molar-refractivity contribution is 6.12. The highest BCUT2D eigenvalue weighted by Gasteiger charge is 2.35. The van der Waals surface area contributed by atoms with Gasteiger partial charge in [-0.05, 0) is 48.9 Å². The second-order valence-corrected chi connectivity index (χ2v) is 6.60. The van der Waals surface area contributed by atoms with Crippen LogP contribution >= 0.6 is 0 Å². The maximum atomic E-state index is 13.5. The van der Waals surface area contributed by atoms with Crippen molar-refractivity contribution >= 4 is 17.3 Å². The summed E-state index contributed by atoms with van der Waals surface area (Å²) in [5.41, 5.74) is 2.76. The average molecular weight is 390 g/mol. The first-order valence-corrected chi connectivity index (χ1v) is 9.42. The Morgan fingerprint density at radius 1 is 1.03 bits per heavy atom. The number of fused-ring (bicyclic) bond motifs is 1. The van der Waals surface area contributed by atoms with Crippen LogP contribution in [0.4, 0.5) is 11.4 Å². The van der Waals surface area contributed by atoms with Crippen LogP contribution in [-0.4, -0.2) is 24.7 Å². The Labute approximate surface area is 169 Å². The van der Waals surface area contributed by atoms with E-state index in [0.29, 0.717) is 29.4 Å². The number of hydrogen-bond acceptors (Lipinski definition) is 5. The molecule has 0 aliphatic carbocycles. The molecule has 0 unspecified atom stereocenters. The van der Waals surface area contributed by atoms with Crippen LogP contribution in [0.25, 0.3) is 0 Å². The molecule has 29 heavy (non-hydrogen) atoms. The highest BCUT2D eigenvalue weighted by atomic mass is 16.5. The van der Waals surface area contributed by atoms with Gasteiger partial charge in [-0.15, -0.1) is 0 Å². The van der Waals surface area contributed by atoms with E-state index in [-0.39, 0.29) is 11.7 Å². The van der Waals surface area contributed by atoms with E-state index in [1.807, 2.05) is 49.4 Å². The Morgan fingerprint density at radius 2 is 1.79 bits per heavy atom. The largest absolute Gasteiger partial charge is 0.504 e.